The Morgan fingerprint density at radius 2 is 1.73 bits per heavy atom. The number of carbonyl (C=O) groups is 2. The Labute approximate surface area is 152 Å². The lowest BCUT2D eigenvalue weighted by atomic mass is 10.2. The topological polar surface area (TPSA) is 99.9 Å². The number of nitrogens with zero attached hydrogens (tertiary/aromatic N) is 2. The normalized spacial score (nSPS) is 11.2. The van der Waals surface area contributed by atoms with E-state index in [4.69, 9.17) is 4.42 Å². The van der Waals surface area contributed by atoms with E-state index in [-0.39, 0.29) is 29.8 Å². The number of hydrogen-bond donors (Lipinski definition) is 1. The van der Waals surface area contributed by atoms with Crippen molar-refractivity contribution in [3.8, 4) is 0 Å². The predicted molar refractivity (Wildman–Crippen MR) is 94.8 cm³/mol. The third-order valence-electron chi connectivity index (χ3n) is 3.65. The Kier molecular flexibility index (Phi) is 6.17. The molecule has 9 heteroatoms. The predicted octanol–water partition coefficient (Wildman–Crippen LogP) is 0.918. The Hall–Kier alpha value is -2.65. The van der Waals surface area contributed by atoms with Crippen molar-refractivity contribution in [3.63, 3.8) is 0 Å². The Morgan fingerprint density at radius 1 is 1.08 bits per heavy atom. The Bertz CT molecular complexity index is 858. The van der Waals surface area contributed by atoms with Gasteiger partial charge in [-0.2, -0.15) is 0 Å². The molecule has 0 saturated heterocycles. The van der Waals surface area contributed by atoms with Crippen LogP contribution in [0.5, 0.6) is 0 Å². The minimum atomic E-state index is -3.72. The van der Waals surface area contributed by atoms with Crippen molar-refractivity contribution in [2.75, 3.05) is 27.7 Å². The summed E-state index contributed by atoms with van der Waals surface area (Å²) in [6.07, 6.45) is 1.46. The van der Waals surface area contributed by atoms with E-state index in [9.17, 15) is 18.0 Å². The van der Waals surface area contributed by atoms with Crippen LogP contribution in [0.4, 0.5) is 0 Å². The second-order valence-corrected chi connectivity index (χ2v) is 7.64. The lowest BCUT2D eigenvalue weighted by Crippen LogP contribution is -2.37. The minimum absolute atomic E-state index is 0.0331. The molecule has 0 saturated carbocycles. The van der Waals surface area contributed by atoms with Crippen LogP contribution in [0, 0.1) is 0 Å². The van der Waals surface area contributed by atoms with Gasteiger partial charge in [0.1, 0.15) is 5.76 Å². The first kappa shape index (κ1) is 19.7. The molecule has 2 amide bonds. The fraction of sp³-hybridized carbons (Fsp3) is 0.294. The van der Waals surface area contributed by atoms with Crippen molar-refractivity contribution < 1.29 is 22.4 Å². The molecule has 1 aromatic carbocycles. The third kappa shape index (κ3) is 4.93. The van der Waals surface area contributed by atoms with Crippen LogP contribution in [0.25, 0.3) is 0 Å². The maximum atomic E-state index is 12.3. The molecule has 0 atom stereocenters. The van der Waals surface area contributed by atoms with Gasteiger partial charge in [-0.1, -0.05) is 0 Å². The van der Waals surface area contributed by atoms with Crippen LogP contribution in [0.2, 0.25) is 0 Å². The number of likely N-dealkylation sites (N-methyl/N-ethyl adjacent to an activating group) is 2. The fourth-order valence-electron chi connectivity index (χ4n) is 2.08. The molecule has 0 fully saturated rings. The smallest absolute Gasteiger partial charge is 0.254 e. The Morgan fingerprint density at radius 3 is 2.27 bits per heavy atom. The summed E-state index contributed by atoms with van der Waals surface area (Å²) in [7, 11) is 1.00. The van der Waals surface area contributed by atoms with Crippen molar-refractivity contribution in [2.45, 2.75) is 11.4 Å². The number of sulfonamides is 1. The van der Waals surface area contributed by atoms with E-state index < -0.39 is 10.0 Å². The van der Waals surface area contributed by atoms with Crippen LogP contribution < -0.4 is 4.72 Å². The van der Waals surface area contributed by atoms with Crippen molar-refractivity contribution >= 4 is 21.8 Å². The summed E-state index contributed by atoms with van der Waals surface area (Å²) in [5.74, 6) is -0.0811. The first-order valence-electron chi connectivity index (χ1n) is 7.78. The van der Waals surface area contributed by atoms with Crippen LogP contribution in [0.15, 0.2) is 52.0 Å². The molecule has 0 spiro atoms. The Balaban J connectivity index is 2.04. The van der Waals surface area contributed by atoms with Gasteiger partial charge in [0, 0.05) is 26.7 Å². The molecule has 0 unspecified atom stereocenters. The lowest BCUT2D eigenvalue weighted by Gasteiger charge is -2.19. The maximum absolute atomic E-state index is 12.3. The SMILES string of the molecule is CN(C)C(=O)CN(C)C(=O)c1ccc(S(=O)(=O)NCc2ccco2)cc1. The lowest BCUT2D eigenvalue weighted by molar-refractivity contribution is -0.129. The van der Waals surface area contributed by atoms with Gasteiger partial charge in [-0.25, -0.2) is 13.1 Å². The highest BCUT2D eigenvalue weighted by atomic mass is 32.2. The summed E-state index contributed by atoms with van der Waals surface area (Å²) in [4.78, 5) is 26.7. The van der Waals surface area contributed by atoms with Gasteiger partial charge in [-0.15, -0.1) is 0 Å². The van der Waals surface area contributed by atoms with Crippen LogP contribution in [-0.4, -0.2) is 57.7 Å². The zero-order chi connectivity index (χ0) is 19.3. The molecule has 2 rings (SSSR count). The first-order chi connectivity index (χ1) is 12.2. The largest absolute Gasteiger partial charge is 0.468 e. The molecule has 0 radical (unpaired) electrons. The second-order valence-electron chi connectivity index (χ2n) is 5.88. The minimum Gasteiger partial charge on any atom is -0.468 e. The molecule has 0 bridgehead atoms. The molecule has 0 aliphatic carbocycles. The maximum Gasteiger partial charge on any atom is 0.254 e. The average molecular weight is 379 g/mol. The van der Waals surface area contributed by atoms with E-state index in [2.05, 4.69) is 4.72 Å². The standard InChI is InChI=1S/C17H21N3O5S/c1-19(2)16(21)12-20(3)17(22)13-6-8-15(9-7-13)26(23,24)18-11-14-5-4-10-25-14/h4-10,18H,11-12H2,1-3H3. The van der Waals surface area contributed by atoms with Gasteiger partial charge in [0.2, 0.25) is 15.9 Å². The van der Waals surface area contributed by atoms with E-state index in [1.807, 2.05) is 0 Å². The van der Waals surface area contributed by atoms with E-state index >= 15 is 0 Å². The van der Waals surface area contributed by atoms with Gasteiger partial charge in [-0.3, -0.25) is 9.59 Å². The van der Waals surface area contributed by atoms with E-state index in [0.717, 1.165) is 0 Å². The van der Waals surface area contributed by atoms with Crippen LogP contribution in [0.3, 0.4) is 0 Å². The third-order valence-corrected chi connectivity index (χ3v) is 5.06. The molecule has 0 aliphatic rings. The highest BCUT2D eigenvalue weighted by Gasteiger charge is 2.18. The number of rotatable bonds is 7. The molecule has 8 nitrogen and oxygen atoms in total. The van der Waals surface area contributed by atoms with Crippen LogP contribution >= 0.6 is 0 Å². The summed E-state index contributed by atoms with van der Waals surface area (Å²) < 4.78 is 32.0. The van der Waals surface area contributed by atoms with Gasteiger partial charge in [-0.05, 0) is 36.4 Å². The van der Waals surface area contributed by atoms with E-state index in [1.165, 1.54) is 47.4 Å². The second kappa shape index (κ2) is 8.15. The summed E-state index contributed by atoms with van der Waals surface area (Å²) >= 11 is 0. The number of benzene rings is 1. The number of hydrogen-bond acceptors (Lipinski definition) is 5. The molecular formula is C17H21N3O5S. The molecule has 26 heavy (non-hydrogen) atoms. The summed E-state index contributed by atoms with van der Waals surface area (Å²) in [5, 5.41) is 0. The molecule has 140 valence electrons. The van der Waals surface area contributed by atoms with Gasteiger partial charge in [0.05, 0.1) is 24.2 Å². The number of furan rings is 1. The molecule has 2 aromatic rings. The van der Waals surface area contributed by atoms with Crippen molar-refractivity contribution in [2.24, 2.45) is 0 Å². The fourth-order valence-corrected chi connectivity index (χ4v) is 3.07. The van der Waals surface area contributed by atoms with E-state index in [1.54, 1.807) is 26.2 Å². The molecule has 1 N–H and O–H groups in total. The molecule has 1 heterocycles. The van der Waals surface area contributed by atoms with Crippen molar-refractivity contribution in [1.29, 1.82) is 0 Å². The first-order valence-corrected chi connectivity index (χ1v) is 9.27. The van der Waals surface area contributed by atoms with Crippen molar-refractivity contribution in [1.82, 2.24) is 14.5 Å². The quantitative estimate of drug-likeness (QED) is 0.771. The molecular weight excluding hydrogens is 358 g/mol. The van der Waals surface area contributed by atoms with Gasteiger partial charge in [0.25, 0.3) is 5.91 Å². The van der Waals surface area contributed by atoms with Gasteiger partial charge >= 0.3 is 0 Å². The average Bonchev–Trinajstić information content (AvgIpc) is 3.13. The highest BCUT2D eigenvalue weighted by molar-refractivity contribution is 7.89. The van der Waals surface area contributed by atoms with E-state index in [0.29, 0.717) is 11.3 Å². The highest BCUT2D eigenvalue weighted by Crippen LogP contribution is 2.13. The van der Waals surface area contributed by atoms with Crippen LogP contribution in [-0.2, 0) is 21.4 Å². The molecule has 0 aliphatic heterocycles. The summed E-state index contributed by atoms with van der Waals surface area (Å²) in [6, 6.07) is 8.86. The monoisotopic (exact) mass is 379 g/mol. The zero-order valence-corrected chi connectivity index (χ0v) is 15.6. The number of nitrogens with one attached hydrogen (secondary N) is 1. The van der Waals surface area contributed by atoms with Gasteiger partial charge < -0.3 is 14.2 Å². The van der Waals surface area contributed by atoms with Crippen molar-refractivity contribution in [3.05, 3.63) is 54.0 Å². The number of amides is 2. The zero-order valence-electron chi connectivity index (χ0n) is 14.8. The van der Waals surface area contributed by atoms with Crippen LogP contribution in [0.1, 0.15) is 16.1 Å². The summed E-state index contributed by atoms with van der Waals surface area (Å²) in [5.41, 5.74) is 0.295. The molecule has 1 aromatic heterocycles. The van der Waals surface area contributed by atoms with Gasteiger partial charge in [0.15, 0.2) is 0 Å². The summed E-state index contributed by atoms with van der Waals surface area (Å²) in [6.45, 7) is -0.0258. The number of carbonyl (C=O) groups excluding carboxylic acids is 2.